The third kappa shape index (κ3) is 13.7. The summed E-state index contributed by atoms with van der Waals surface area (Å²) in [6.07, 6.45) is 10.4. The van der Waals surface area contributed by atoms with Crippen LogP contribution in [0.3, 0.4) is 0 Å². The summed E-state index contributed by atoms with van der Waals surface area (Å²) in [6, 6.07) is 0. The molecule has 0 unspecified atom stereocenters. The molecule has 0 atom stereocenters. The van der Waals surface area contributed by atoms with Gasteiger partial charge in [-0.25, -0.2) is 0 Å². The molecule has 0 amide bonds. The Morgan fingerprint density at radius 3 is 2.13 bits per heavy atom. The number of unbranched alkanes of at least 4 members (excludes halogenated alkanes) is 5. The van der Waals surface area contributed by atoms with Gasteiger partial charge in [0.1, 0.15) is 0 Å². The molecule has 0 bridgehead atoms. The maximum atomic E-state index is 5.49. The van der Waals surface area contributed by atoms with Crippen molar-refractivity contribution in [3.63, 3.8) is 0 Å². The van der Waals surface area contributed by atoms with Gasteiger partial charge in [0, 0.05) is 26.9 Å². The first-order chi connectivity index (χ1) is 7.41. The van der Waals surface area contributed by atoms with Crippen LogP contribution in [-0.4, -0.2) is 26.9 Å². The van der Waals surface area contributed by atoms with E-state index in [1.807, 2.05) is 6.08 Å². The first-order valence-corrected chi connectivity index (χ1v) is 6.09. The van der Waals surface area contributed by atoms with E-state index in [1.165, 1.54) is 32.1 Å². The highest BCUT2D eigenvalue weighted by atomic mass is 16.5. The lowest BCUT2D eigenvalue weighted by Gasteiger charge is -2.03. The maximum Gasteiger partial charge on any atom is 0.0468 e. The van der Waals surface area contributed by atoms with E-state index in [0.717, 1.165) is 32.7 Å². The van der Waals surface area contributed by atoms with Gasteiger partial charge in [0.05, 0.1) is 0 Å². The Morgan fingerprint density at radius 1 is 0.867 bits per heavy atom. The number of allylic oxidation sites excluding steroid dienone is 1. The number of rotatable bonds is 12. The molecule has 0 aliphatic rings. The van der Waals surface area contributed by atoms with Crippen LogP contribution in [0, 0.1) is 0 Å². The average Bonchev–Trinajstić information content (AvgIpc) is 2.26. The van der Waals surface area contributed by atoms with E-state index in [-0.39, 0.29) is 0 Å². The van der Waals surface area contributed by atoms with E-state index in [2.05, 4.69) is 6.58 Å². The zero-order valence-electron chi connectivity index (χ0n) is 10.2. The van der Waals surface area contributed by atoms with Crippen molar-refractivity contribution in [2.75, 3.05) is 26.9 Å². The lowest BCUT2D eigenvalue weighted by molar-refractivity contribution is 0.128. The molecule has 0 aromatic heterocycles. The molecule has 2 heteroatoms. The summed E-state index contributed by atoms with van der Waals surface area (Å²) in [5.74, 6) is 0. The standard InChI is InChI=1S/C13H26O2/c1-3-4-8-12-15-13-10-7-5-6-9-11-14-2/h3H,1,4-13H2,2H3. The smallest absolute Gasteiger partial charge is 0.0468 e. The van der Waals surface area contributed by atoms with Crippen LogP contribution in [0.5, 0.6) is 0 Å². The van der Waals surface area contributed by atoms with Crippen LogP contribution in [0.4, 0.5) is 0 Å². The summed E-state index contributed by atoms with van der Waals surface area (Å²) in [6.45, 7) is 6.38. The minimum Gasteiger partial charge on any atom is -0.385 e. The van der Waals surface area contributed by atoms with E-state index in [0.29, 0.717) is 0 Å². The van der Waals surface area contributed by atoms with Crippen molar-refractivity contribution in [3.8, 4) is 0 Å². The lowest BCUT2D eigenvalue weighted by atomic mass is 10.1. The molecule has 0 aromatic rings. The Bertz CT molecular complexity index is 124. The molecular weight excluding hydrogens is 188 g/mol. The van der Waals surface area contributed by atoms with Crippen molar-refractivity contribution in [2.45, 2.75) is 44.9 Å². The van der Waals surface area contributed by atoms with E-state index >= 15 is 0 Å². The van der Waals surface area contributed by atoms with Gasteiger partial charge in [0.15, 0.2) is 0 Å². The predicted molar refractivity (Wildman–Crippen MR) is 65.2 cm³/mol. The molecule has 0 rings (SSSR count). The molecule has 15 heavy (non-hydrogen) atoms. The van der Waals surface area contributed by atoms with Crippen LogP contribution in [0.1, 0.15) is 44.9 Å². The fourth-order valence-corrected chi connectivity index (χ4v) is 1.41. The molecule has 2 nitrogen and oxygen atoms in total. The second kappa shape index (κ2) is 13.7. The summed E-state index contributed by atoms with van der Waals surface area (Å²) in [5, 5.41) is 0. The van der Waals surface area contributed by atoms with Crippen LogP contribution in [0.25, 0.3) is 0 Å². The molecule has 0 aliphatic carbocycles. The monoisotopic (exact) mass is 214 g/mol. The van der Waals surface area contributed by atoms with Gasteiger partial charge in [-0.1, -0.05) is 25.3 Å². The fraction of sp³-hybridized carbons (Fsp3) is 0.846. The van der Waals surface area contributed by atoms with Crippen LogP contribution in [0.2, 0.25) is 0 Å². The van der Waals surface area contributed by atoms with Crippen molar-refractivity contribution in [3.05, 3.63) is 12.7 Å². The normalized spacial score (nSPS) is 10.5. The Balaban J connectivity index is 2.83. The van der Waals surface area contributed by atoms with Crippen LogP contribution < -0.4 is 0 Å². The van der Waals surface area contributed by atoms with Crippen LogP contribution >= 0.6 is 0 Å². The molecule has 0 N–H and O–H groups in total. The maximum absolute atomic E-state index is 5.49. The van der Waals surface area contributed by atoms with Gasteiger partial charge in [0.25, 0.3) is 0 Å². The number of methoxy groups -OCH3 is 1. The topological polar surface area (TPSA) is 18.5 Å². The third-order valence-electron chi connectivity index (χ3n) is 2.33. The highest BCUT2D eigenvalue weighted by Gasteiger charge is 1.91. The summed E-state index contributed by atoms with van der Waals surface area (Å²) in [5.41, 5.74) is 0. The molecule has 0 radical (unpaired) electrons. The summed E-state index contributed by atoms with van der Waals surface area (Å²) in [7, 11) is 1.76. The van der Waals surface area contributed by atoms with Gasteiger partial charge < -0.3 is 9.47 Å². The average molecular weight is 214 g/mol. The SMILES string of the molecule is C=CCCCOCCCCCCCOC. The predicted octanol–water partition coefficient (Wildman–Crippen LogP) is 3.57. The number of hydrogen-bond acceptors (Lipinski definition) is 2. The molecule has 0 saturated heterocycles. The van der Waals surface area contributed by atoms with E-state index < -0.39 is 0 Å². The quantitative estimate of drug-likeness (QED) is 0.365. The van der Waals surface area contributed by atoms with Gasteiger partial charge in [-0.15, -0.1) is 6.58 Å². The Morgan fingerprint density at radius 2 is 1.47 bits per heavy atom. The Hall–Kier alpha value is -0.340. The van der Waals surface area contributed by atoms with Crippen molar-refractivity contribution in [2.24, 2.45) is 0 Å². The molecule has 0 saturated carbocycles. The Labute approximate surface area is 94.7 Å². The van der Waals surface area contributed by atoms with E-state index in [9.17, 15) is 0 Å². The van der Waals surface area contributed by atoms with Crippen molar-refractivity contribution < 1.29 is 9.47 Å². The summed E-state index contributed by atoms with van der Waals surface area (Å²) < 4.78 is 10.5. The third-order valence-corrected chi connectivity index (χ3v) is 2.33. The van der Waals surface area contributed by atoms with Crippen molar-refractivity contribution >= 4 is 0 Å². The summed E-state index contributed by atoms with van der Waals surface area (Å²) >= 11 is 0. The highest BCUT2D eigenvalue weighted by molar-refractivity contribution is 4.64. The van der Waals surface area contributed by atoms with E-state index in [1.54, 1.807) is 7.11 Å². The first-order valence-electron chi connectivity index (χ1n) is 6.09. The molecular formula is C13H26O2. The summed E-state index contributed by atoms with van der Waals surface area (Å²) in [4.78, 5) is 0. The second-order valence-corrected chi connectivity index (χ2v) is 3.80. The molecule has 0 aromatic carbocycles. The molecule has 0 spiro atoms. The van der Waals surface area contributed by atoms with Gasteiger partial charge in [-0.3, -0.25) is 0 Å². The van der Waals surface area contributed by atoms with Gasteiger partial charge in [-0.05, 0) is 25.7 Å². The fourth-order valence-electron chi connectivity index (χ4n) is 1.41. The highest BCUT2D eigenvalue weighted by Crippen LogP contribution is 2.03. The largest absolute Gasteiger partial charge is 0.385 e. The van der Waals surface area contributed by atoms with E-state index in [4.69, 9.17) is 9.47 Å². The van der Waals surface area contributed by atoms with Crippen LogP contribution in [-0.2, 0) is 9.47 Å². The lowest BCUT2D eigenvalue weighted by Crippen LogP contribution is -1.96. The van der Waals surface area contributed by atoms with Crippen molar-refractivity contribution in [1.29, 1.82) is 0 Å². The number of ether oxygens (including phenoxy) is 2. The second-order valence-electron chi connectivity index (χ2n) is 3.80. The van der Waals surface area contributed by atoms with Gasteiger partial charge in [0.2, 0.25) is 0 Å². The van der Waals surface area contributed by atoms with Gasteiger partial charge in [-0.2, -0.15) is 0 Å². The zero-order valence-corrected chi connectivity index (χ0v) is 10.2. The molecule has 0 aliphatic heterocycles. The van der Waals surface area contributed by atoms with Gasteiger partial charge >= 0.3 is 0 Å². The zero-order chi connectivity index (χ0) is 11.2. The minimum absolute atomic E-state index is 0.885. The molecule has 0 fully saturated rings. The first kappa shape index (κ1) is 14.7. The minimum atomic E-state index is 0.885. The van der Waals surface area contributed by atoms with Crippen LogP contribution in [0.15, 0.2) is 12.7 Å². The molecule has 90 valence electrons. The number of hydrogen-bond donors (Lipinski definition) is 0. The Kier molecular flexibility index (Phi) is 13.4. The van der Waals surface area contributed by atoms with Crippen molar-refractivity contribution in [1.82, 2.24) is 0 Å². The molecule has 0 heterocycles.